The molecule has 2 rings (SSSR count). The summed E-state index contributed by atoms with van der Waals surface area (Å²) < 4.78 is 5.08. The van der Waals surface area contributed by atoms with Gasteiger partial charge in [-0.15, -0.1) is 0 Å². The SMILES string of the molecule is CC1CNCC(C)N1Cc1ccoc1. The summed E-state index contributed by atoms with van der Waals surface area (Å²) >= 11 is 0. The number of piperazine rings is 1. The van der Waals surface area contributed by atoms with Crippen molar-refractivity contribution in [3.8, 4) is 0 Å². The average molecular weight is 194 g/mol. The topological polar surface area (TPSA) is 28.4 Å². The number of rotatable bonds is 2. The van der Waals surface area contributed by atoms with E-state index in [0.717, 1.165) is 19.6 Å². The first-order valence-corrected chi connectivity index (χ1v) is 5.25. The van der Waals surface area contributed by atoms with Crippen LogP contribution in [-0.2, 0) is 6.54 Å². The van der Waals surface area contributed by atoms with Gasteiger partial charge in [-0.1, -0.05) is 0 Å². The number of hydrogen-bond donors (Lipinski definition) is 1. The molecule has 0 aliphatic carbocycles. The zero-order valence-electron chi connectivity index (χ0n) is 8.86. The second-order valence-electron chi connectivity index (χ2n) is 4.16. The van der Waals surface area contributed by atoms with E-state index in [4.69, 9.17) is 4.42 Å². The number of nitrogens with one attached hydrogen (secondary N) is 1. The molecule has 3 heteroatoms. The normalized spacial score (nSPS) is 29.3. The van der Waals surface area contributed by atoms with Crippen LogP contribution in [0.25, 0.3) is 0 Å². The monoisotopic (exact) mass is 194 g/mol. The Labute approximate surface area is 85.1 Å². The van der Waals surface area contributed by atoms with E-state index in [1.54, 1.807) is 6.26 Å². The Balaban J connectivity index is 2.01. The molecule has 0 aromatic carbocycles. The highest BCUT2D eigenvalue weighted by molar-refractivity contribution is 5.06. The van der Waals surface area contributed by atoms with Crippen molar-refractivity contribution in [2.45, 2.75) is 32.5 Å². The summed E-state index contributed by atoms with van der Waals surface area (Å²) in [5.41, 5.74) is 1.27. The molecule has 0 bridgehead atoms. The molecule has 14 heavy (non-hydrogen) atoms. The Morgan fingerprint density at radius 1 is 1.43 bits per heavy atom. The minimum Gasteiger partial charge on any atom is -0.472 e. The first-order chi connectivity index (χ1) is 6.77. The van der Waals surface area contributed by atoms with Crippen LogP contribution in [0.2, 0.25) is 0 Å². The third-order valence-electron chi connectivity index (χ3n) is 2.96. The van der Waals surface area contributed by atoms with Crippen molar-refractivity contribution in [2.24, 2.45) is 0 Å². The number of furan rings is 1. The maximum Gasteiger partial charge on any atom is 0.0947 e. The van der Waals surface area contributed by atoms with Gasteiger partial charge >= 0.3 is 0 Å². The molecule has 1 N–H and O–H groups in total. The third kappa shape index (κ3) is 1.99. The van der Waals surface area contributed by atoms with Crippen molar-refractivity contribution in [2.75, 3.05) is 13.1 Å². The van der Waals surface area contributed by atoms with Crippen molar-refractivity contribution >= 4 is 0 Å². The molecule has 3 nitrogen and oxygen atoms in total. The molecule has 1 saturated heterocycles. The summed E-state index contributed by atoms with van der Waals surface area (Å²) in [6.45, 7) is 7.70. The lowest BCUT2D eigenvalue weighted by molar-refractivity contribution is 0.108. The molecule has 2 unspecified atom stereocenters. The molecule has 1 aliphatic heterocycles. The maximum atomic E-state index is 5.08. The molecule has 0 spiro atoms. The van der Waals surface area contributed by atoms with Gasteiger partial charge in [0.1, 0.15) is 0 Å². The van der Waals surface area contributed by atoms with Crippen molar-refractivity contribution < 1.29 is 4.42 Å². The quantitative estimate of drug-likeness (QED) is 0.772. The van der Waals surface area contributed by atoms with Gasteiger partial charge in [0.15, 0.2) is 0 Å². The minimum absolute atomic E-state index is 0.605. The molecule has 0 radical (unpaired) electrons. The second kappa shape index (κ2) is 4.15. The van der Waals surface area contributed by atoms with Crippen LogP contribution in [0.15, 0.2) is 23.0 Å². The number of hydrogen-bond acceptors (Lipinski definition) is 3. The lowest BCUT2D eigenvalue weighted by Gasteiger charge is -2.39. The Hall–Kier alpha value is -0.800. The van der Waals surface area contributed by atoms with E-state index in [1.165, 1.54) is 5.56 Å². The molecule has 2 atom stereocenters. The third-order valence-corrected chi connectivity index (χ3v) is 2.96. The van der Waals surface area contributed by atoms with Crippen LogP contribution in [-0.4, -0.2) is 30.1 Å². The highest BCUT2D eigenvalue weighted by Crippen LogP contribution is 2.14. The van der Waals surface area contributed by atoms with Gasteiger partial charge in [-0.05, 0) is 19.9 Å². The van der Waals surface area contributed by atoms with Gasteiger partial charge in [0.25, 0.3) is 0 Å². The van der Waals surface area contributed by atoms with Gasteiger partial charge in [0.05, 0.1) is 12.5 Å². The summed E-state index contributed by atoms with van der Waals surface area (Å²) in [5.74, 6) is 0. The van der Waals surface area contributed by atoms with Gasteiger partial charge < -0.3 is 9.73 Å². The van der Waals surface area contributed by atoms with E-state index in [0.29, 0.717) is 12.1 Å². The van der Waals surface area contributed by atoms with Crippen LogP contribution in [0.3, 0.4) is 0 Å². The predicted molar refractivity (Wildman–Crippen MR) is 56.0 cm³/mol. The van der Waals surface area contributed by atoms with E-state index in [1.807, 2.05) is 12.3 Å². The van der Waals surface area contributed by atoms with Crippen LogP contribution >= 0.6 is 0 Å². The fraction of sp³-hybridized carbons (Fsp3) is 0.636. The molecule has 1 aromatic heterocycles. The van der Waals surface area contributed by atoms with E-state index >= 15 is 0 Å². The summed E-state index contributed by atoms with van der Waals surface area (Å²) in [4.78, 5) is 2.52. The number of nitrogens with zero attached hydrogens (tertiary/aromatic N) is 1. The fourth-order valence-electron chi connectivity index (χ4n) is 2.08. The molecule has 2 heterocycles. The fourth-order valence-corrected chi connectivity index (χ4v) is 2.08. The maximum absolute atomic E-state index is 5.08. The summed E-state index contributed by atoms with van der Waals surface area (Å²) in [5, 5.41) is 3.43. The summed E-state index contributed by atoms with van der Waals surface area (Å²) in [6.07, 6.45) is 3.58. The average Bonchev–Trinajstić information content (AvgIpc) is 2.64. The Bertz CT molecular complexity index is 261. The Kier molecular flexibility index (Phi) is 2.89. The Morgan fingerprint density at radius 3 is 2.71 bits per heavy atom. The van der Waals surface area contributed by atoms with Crippen LogP contribution in [0.1, 0.15) is 19.4 Å². The Morgan fingerprint density at radius 2 is 2.14 bits per heavy atom. The molecule has 1 aliphatic rings. The highest BCUT2D eigenvalue weighted by Gasteiger charge is 2.24. The van der Waals surface area contributed by atoms with Crippen LogP contribution < -0.4 is 5.32 Å². The van der Waals surface area contributed by atoms with Gasteiger partial charge in [-0.25, -0.2) is 0 Å². The standard InChI is InChI=1S/C11H18N2O/c1-9-5-12-6-10(2)13(9)7-11-3-4-14-8-11/h3-4,8-10,12H,5-7H2,1-2H3. The van der Waals surface area contributed by atoms with Crippen LogP contribution in [0.5, 0.6) is 0 Å². The highest BCUT2D eigenvalue weighted by atomic mass is 16.3. The van der Waals surface area contributed by atoms with E-state index < -0.39 is 0 Å². The van der Waals surface area contributed by atoms with Crippen molar-refractivity contribution in [3.63, 3.8) is 0 Å². The molecule has 0 amide bonds. The summed E-state index contributed by atoms with van der Waals surface area (Å²) in [6, 6.07) is 3.25. The lowest BCUT2D eigenvalue weighted by atomic mass is 10.1. The van der Waals surface area contributed by atoms with Gasteiger partial charge in [0.2, 0.25) is 0 Å². The largest absolute Gasteiger partial charge is 0.472 e. The first kappa shape index (κ1) is 9.74. The molecule has 1 fully saturated rings. The predicted octanol–water partition coefficient (Wildman–Crippen LogP) is 1.46. The van der Waals surface area contributed by atoms with E-state index in [-0.39, 0.29) is 0 Å². The van der Waals surface area contributed by atoms with Crippen molar-refractivity contribution in [1.29, 1.82) is 0 Å². The molecular weight excluding hydrogens is 176 g/mol. The van der Waals surface area contributed by atoms with E-state index in [2.05, 4.69) is 24.1 Å². The lowest BCUT2D eigenvalue weighted by Crippen LogP contribution is -2.54. The van der Waals surface area contributed by atoms with E-state index in [9.17, 15) is 0 Å². The second-order valence-corrected chi connectivity index (χ2v) is 4.16. The first-order valence-electron chi connectivity index (χ1n) is 5.25. The van der Waals surface area contributed by atoms with Crippen LogP contribution in [0.4, 0.5) is 0 Å². The van der Waals surface area contributed by atoms with Crippen molar-refractivity contribution in [3.05, 3.63) is 24.2 Å². The van der Waals surface area contributed by atoms with Crippen LogP contribution in [0, 0.1) is 0 Å². The molecular formula is C11H18N2O. The van der Waals surface area contributed by atoms with Gasteiger partial charge in [0, 0.05) is 37.3 Å². The smallest absolute Gasteiger partial charge is 0.0947 e. The zero-order chi connectivity index (χ0) is 9.97. The van der Waals surface area contributed by atoms with Gasteiger partial charge in [-0.2, -0.15) is 0 Å². The minimum atomic E-state index is 0.605. The summed E-state index contributed by atoms with van der Waals surface area (Å²) in [7, 11) is 0. The molecule has 78 valence electrons. The van der Waals surface area contributed by atoms with Crippen molar-refractivity contribution in [1.82, 2.24) is 10.2 Å². The molecule has 1 aromatic rings. The van der Waals surface area contributed by atoms with Gasteiger partial charge in [-0.3, -0.25) is 4.90 Å². The zero-order valence-corrected chi connectivity index (χ0v) is 8.86. The molecule has 0 saturated carbocycles.